The first-order valence-corrected chi connectivity index (χ1v) is 5.40. The van der Waals surface area contributed by atoms with Crippen LogP contribution in [0.25, 0.3) is 0 Å². The van der Waals surface area contributed by atoms with Gasteiger partial charge in [0.25, 0.3) is 0 Å². The summed E-state index contributed by atoms with van der Waals surface area (Å²) >= 11 is 0. The Kier molecular flexibility index (Phi) is 3.49. The number of hydrogen-bond donors (Lipinski definition) is 0. The molecule has 0 radical (unpaired) electrons. The first-order chi connectivity index (χ1) is 8.25. The van der Waals surface area contributed by atoms with Crippen molar-refractivity contribution in [1.29, 1.82) is 0 Å². The molecule has 0 saturated heterocycles. The van der Waals surface area contributed by atoms with E-state index in [4.69, 9.17) is 0 Å². The average molecular weight is 231 g/mol. The first-order valence-electron chi connectivity index (χ1n) is 5.40. The van der Waals surface area contributed by atoms with Crippen molar-refractivity contribution in [1.82, 2.24) is 9.55 Å². The molecule has 2 aromatic rings. The Morgan fingerprint density at radius 1 is 1.35 bits per heavy atom. The summed E-state index contributed by atoms with van der Waals surface area (Å²) in [5.74, 6) is 0. The van der Waals surface area contributed by atoms with Gasteiger partial charge in [0.15, 0.2) is 0 Å². The van der Waals surface area contributed by atoms with Gasteiger partial charge in [0, 0.05) is 35.8 Å². The molecule has 5 heteroatoms. The van der Waals surface area contributed by atoms with E-state index in [1.54, 1.807) is 12.4 Å². The molecule has 0 aliphatic heterocycles. The maximum atomic E-state index is 10.4. The Morgan fingerprint density at radius 2 is 2.24 bits per heavy atom. The molecule has 0 aliphatic rings. The Morgan fingerprint density at radius 3 is 2.94 bits per heavy atom. The van der Waals surface area contributed by atoms with Gasteiger partial charge in [-0.15, -0.1) is 0 Å². The maximum Gasteiger partial charge on any atom is 0.209 e. The van der Waals surface area contributed by atoms with Crippen molar-refractivity contribution in [2.75, 3.05) is 6.54 Å². The van der Waals surface area contributed by atoms with E-state index in [0.29, 0.717) is 13.0 Å². The molecule has 0 amide bonds. The number of nitro groups is 1. The van der Waals surface area contributed by atoms with Crippen LogP contribution in [0.3, 0.4) is 0 Å². The van der Waals surface area contributed by atoms with Gasteiger partial charge >= 0.3 is 0 Å². The van der Waals surface area contributed by atoms with Crippen LogP contribution in [0, 0.1) is 10.1 Å². The summed E-state index contributed by atoms with van der Waals surface area (Å²) in [7, 11) is 0. The summed E-state index contributed by atoms with van der Waals surface area (Å²) < 4.78 is 2.01. The van der Waals surface area contributed by atoms with Crippen LogP contribution >= 0.6 is 0 Å². The lowest BCUT2D eigenvalue weighted by Gasteiger charge is -2.07. The average Bonchev–Trinajstić information content (AvgIpc) is 2.75. The third-order valence-corrected chi connectivity index (χ3v) is 2.55. The molecular formula is C12H13N3O2. The highest BCUT2D eigenvalue weighted by Crippen LogP contribution is 2.07. The zero-order chi connectivity index (χ0) is 12.1. The fourth-order valence-corrected chi connectivity index (χ4v) is 1.72. The van der Waals surface area contributed by atoms with E-state index in [1.807, 2.05) is 35.0 Å². The van der Waals surface area contributed by atoms with Crippen molar-refractivity contribution < 1.29 is 4.92 Å². The van der Waals surface area contributed by atoms with Gasteiger partial charge in [-0.25, -0.2) is 0 Å². The standard InChI is InChI=1S/C12H13N3O2/c16-15(17)8-5-12-4-2-7-14(12)10-11-3-1-6-13-9-11/h1-4,6-7,9H,5,8,10H2. The van der Waals surface area contributed by atoms with Gasteiger partial charge in [-0.3, -0.25) is 15.1 Å². The topological polar surface area (TPSA) is 61.0 Å². The molecule has 0 N–H and O–H groups in total. The van der Waals surface area contributed by atoms with Crippen LogP contribution in [0.5, 0.6) is 0 Å². The summed E-state index contributed by atoms with van der Waals surface area (Å²) in [5, 5.41) is 10.4. The van der Waals surface area contributed by atoms with E-state index in [9.17, 15) is 10.1 Å². The van der Waals surface area contributed by atoms with Crippen LogP contribution in [-0.2, 0) is 13.0 Å². The Bertz CT molecular complexity index is 493. The molecule has 0 unspecified atom stereocenters. The van der Waals surface area contributed by atoms with E-state index in [0.717, 1.165) is 11.3 Å². The largest absolute Gasteiger partial charge is 0.347 e. The summed E-state index contributed by atoms with van der Waals surface area (Å²) in [6, 6.07) is 7.70. The van der Waals surface area contributed by atoms with Crippen molar-refractivity contribution in [3.8, 4) is 0 Å². The Hall–Kier alpha value is -2.17. The van der Waals surface area contributed by atoms with Crippen LogP contribution in [0.2, 0.25) is 0 Å². The smallest absolute Gasteiger partial charge is 0.209 e. The Labute approximate surface area is 98.9 Å². The van der Waals surface area contributed by atoms with Crippen LogP contribution in [0.15, 0.2) is 42.9 Å². The second-order valence-corrected chi connectivity index (χ2v) is 3.80. The van der Waals surface area contributed by atoms with Gasteiger partial charge in [-0.2, -0.15) is 0 Å². The molecule has 0 saturated carbocycles. The Balaban J connectivity index is 2.06. The molecule has 2 heterocycles. The van der Waals surface area contributed by atoms with E-state index < -0.39 is 0 Å². The normalized spacial score (nSPS) is 10.4. The van der Waals surface area contributed by atoms with Crippen LogP contribution in [-0.4, -0.2) is 21.0 Å². The van der Waals surface area contributed by atoms with E-state index in [-0.39, 0.29) is 11.5 Å². The zero-order valence-corrected chi connectivity index (χ0v) is 9.32. The van der Waals surface area contributed by atoms with Crippen molar-refractivity contribution in [3.05, 3.63) is 64.2 Å². The number of aromatic nitrogens is 2. The molecule has 2 rings (SSSR count). The highest BCUT2D eigenvalue weighted by molar-refractivity contribution is 5.14. The van der Waals surface area contributed by atoms with Gasteiger partial charge in [0.05, 0.1) is 6.42 Å². The molecule has 2 aromatic heterocycles. The molecule has 0 fully saturated rings. The lowest BCUT2D eigenvalue weighted by Crippen LogP contribution is -2.09. The van der Waals surface area contributed by atoms with Gasteiger partial charge in [-0.1, -0.05) is 6.07 Å². The molecule has 88 valence electrons. The molecular weight excluding hydrogens is 218 g/mol. The van der Waals surface area contributed by atoms with Crippen LogP contribution < -0.4 is 0 Å². The molecule has 5 nitrogen and oxygen atoms in total. The summed E-state index contributed by atoms with van der Waals surface area (Å²) in [5.41, 5.74) is 2.07. The minimum atomic E-state index is -0.290. The number of hydrogen-bond acceptors (Lipinski definition) is 3. The van der Waals surface area contributed by atoms with E-state index >= 15 is 0 Å². The monoisotopic (exact) mass is 231 g/mol. The molecule has 0 bridgehead atoms. The third-order valence-electron chi connectivity index (χ3n) is 2.55. The van der Waals surface area contributed by atoms with E-state index in [2.05, 4.69) is 4.98 Å². The number of pyridine rings is 1. The number of nitrogens with zero attached hydrogens (tertiary/aromatic N) is 3. The minimum absolute atomic E-state index is 0.0307. The fourth-order valence-electron chi connectivity index (χ4n) is 1.72. The molecule has 17 heavy (non-hydrogen) atoms. The first kappa shape index (κ1) is 11.3. The zero-order valence-electron chi connectivity index (χ0n) is 9.32. The van der Waals surface area contributed by atoms with Crippen molar-refractivity contribution in [3.63, 3.8) is 0 Å². The summed E-state index contributed by atoms with van der Waals surface area (Å²) in [4.78, 5) is 14.1. The van der Waals surface area contributed by atoms with E-state index in [1.165, 1.54) is 0 Å². The van der Waals surface area contributed by atoms with Crippen molar-refractivity contribution in [2.24, 2.45) is 0 Å². The molecule has 0 aromatic carbocycles. The van der Waals surface area contributed by atoms with Gasteiger partial charge in [-0.05, 0) is 23.8 Å². The van der Waals surface area contributed by atoms with Crippen molar-refractivity contribution in [2.45, 2.75) is 13.0 Å². The predicted molar refractivity (Wildman–Crippen MR) is 63.3 cm³/mol. The molecule has 0 aliphatic carbocycles. The predicted octanol–water partition coefficient (Wildman–Crippen LogP) is 1.75. The van der Waals surface area contributed by atoms with Gasteiger partial charge < -0.3 is 4.57 Å². The second kappa shape index (κ2) is 5.25. The lowest BCUT2D eigenvalue weighted by molar-refractivity contribution is -0.479. The fraction of sp³-hybridized carbons (Fsp3) is 0.250. The minimum Gasteiger partial charge on any atom is -0.347 e. The third kappa shape index (κ3) is 3.14. The molecule has 0 spiro atoms. The van der Waals surface area contributed by atoms with Crippen LogP contribution in [0.4, 0.5) is 0 Å². The SMILES string of the molecule is O=[N+]([O-])CCc1cccn1Cc1cccnc1. The summed E-state index contributed by atoms with van der Waals surface area (Å²) in [6.45, 7) is 0.672. The summed E-state index contributed by atoms with van der Waals surface area (Å²) in [6.07, 6.45) is 5.92. The quantitative estimate of drug-likeness (QED) is 0.581. The van der Waals surface area contributed by atoms with Gasteiger partial charge in [0.2, 0.25) is 6.54 Å². The highest BCUT2D eigenvalue weighted by Gasteiger charge is 2.05. The maximum absolute atomic E-state index is 10.4. The lowest BCUT2D eigenvalue weighted by atomic mass is 10.2. The highest BCUT2D eigenvalue weighted by atomic mass is 16.6. The van der Waals surface area contributed by atoms with Crippen molar-refractivity contribution >= 4 is 0 Å². The second-order valence-electron chi connectivity index (χ2n) is 3.80. The number of rotatable bonds is 5. The van der Waals surface area contributed by atoms with Gasteiger partial charge in [0.1, 0.15) is 0 Å². The molecule has 0 atom stereocenters. The van der Waals surface area contributed by atoms with Crippen LogP contribution in [0.1, 0.15) is 11.3 Å².